The number of aryl methyl sites for hydroxylation is 2. The molecule has 0 spiro atoms. The summed E-state index contributed by atoms with van der Waals surface area (Å²) in [4.78, 5) is 9.63. The van der Waals surface area contributed by atoms with E-state index >= 15 is 0 Å². The van der Waals surface area contributed by atoms with Crippen molar-refractivity contribution in [2.75, 3.05) is 55.8 Å². The molecule has 0 saturated carbocycles. The van der Waals surface area contributed by atoms with E-state index in [1.807, 2.05) is 69.3 Å². The van der Waals surface area contributed by atoms with Crippen LogP contribution >= 0.6 is 0 Å². The Kier molecular flexibility index (Phi) is 40.6. The molecule has 0 atom stereocenters. The van der Waals surface area contributed by atoms with Gasteiger partial charge in [-0.3, -0.25) is 0 Å². The van der Waals surface area contributed by atoms with Gasteiger partial charge in [0.05, 0.1) is 21.3 Å². The van der Waals surface area contributed by atoms with Gasteiger partial charge >= 0.3 is 19.5 Å². The molecule has 22 nitrogen and oxygen atoms in total. The van der Waals surface area contributed by atoms with Gasteiger partial charge in [0.25, 0.3) is 0 Å². The van der Waals surface area contributed by atoms with Gasteiger partial charge in [0.1, 0.15) is 66.0 Å². The number of aliphatic hydroxyl groups is 3. The van der Waals surface area contributed by atoms with E-state index in [0.717, 1.165) is 151 Å². The molecule has 123 heavy (non-hydrogen) atoms. The summed E-state index contributed by atoms with van der Waals surface area (Å²) in [5, 5.41) is 39.1. The number of ether oxygens (including phenoxy) is 6. The summed E-state index contributed by atoms with van der Waals surface area (Å²) >= 11 is 0. The summed E-state index contributed by atoms with van der Waals surface area (Å²) in [6, 6.07) is 32.7. The topological polar surface area (TPSA) is 374 Å². The summed E-state index contributed by atoms with van der Waals surface area (Å²) in [5.74, 6) is 6.63. The van der Waals surface area contributed by atoms with Crippen LogP contribution in [0.25, 0.3) is 0 Å². The average molecular weight is 1780 g/mol. The molecule has 678 valence electrons. The number of nitrogens with one attached hydrogen (secondary N) is 1. The van der Waals surface area contributed by atoms with Crippen LogP contribution in [0, 0.1) is 10.2 Å². The quantitative estimate of drug-likeness (QED) is 0.0547. The summed E-state index contributed by atoms with van der Waals surface area (Å²) in [7, 11) is 7.58. The largest absolute Gasteiger partial charge is 2.00 e. The fourth-order valence-electron chi connectivity index (χ4n) is 14.9. The van der Waals surface area contributed by atoms with Gasteiger partial charge in [0.15, 0.2) is 0 Å². The second-order valence-corrected chi connectivity index (χ2v) is 40.1. The summed E-state index contributed by atoms with van der Waals surface area (Å²) < 4.78 is 81.0. The van der Waals surface area contributed by atoms with E-state index in [9.17, 15) is 5.11 Å². The van der Waals surface area contributed by atoms with E-state index in [0.29, 0.717) is 58.2 Å². The maximum absolute atomic E-state index is 14.4. The molecule has 0 unspecified atom stereocenters. The van der Waals surface area contributed by atoms with Crippen LogP contribution in [-0.4, -0.2) is 107 Å². The Hall–Kier alpha value is -7.97. The van der Waals surface area contributed by atoms with E-state index in [1.54, 1.807) is 0 Å². The Labute approximate surface area is 749 Å². The molecule has 10 rings (SSSR count). The molecule has 24 heteroatoms. The molecule has 0 saturated heterocycles. The standard InChI is InChI=1S/C96H129N5O7.3CH4O.ClHO4.3H2O.Zn/c1-89(2,3)72-42-59-36-65-48-75(92(10,11)12)49-66(86(65)106-35-32-97-56-71-54-78(95(19,20)21)55-79(82(71)102)96(22,23)24)37-60-43-73(90(4,5)6)45-62(84(60)104-28)39-68-51-77(94(16,17)18)53-70(88(68)108-58-81-99-31-34-101(81)26)41-64-47-74(91(7,8)9)46-63(85(64)105-29)40-69-52-76(93(13,14)15)50-67(38-61(44-72)83(59)103-27)87(69)107-57-80-98-30-33-100(80)25;3*1-2;2-1(3,4)5;;;;/h30-31,33-34,42-55,97,102H,32,35-41,56-58H2,1-29H3;3*2H,1H3;(H,2,3,4,5);3*1H2;/q;;;;;;;;+2/p-2. The number of benzene rings is 7. The molecule has 12 bridgehead atoms. The molecule has 0 aliphatic heterocycles. The van der Waals surface area contributed by atoms with Gasteiger partial charge in [0.2, 0.25) is 0 Å². The predicted molar refractivity (Wildman–Crippen MR) is 478 cm³/mol. The van der Waals surface area contributed by atoms with Gasteiger partial charge in [-0.2, -0.15) is 0 Å². The van der Waals surface area contributed by atoms with Crippen molar-refractivity contribution in [1.82, 2.24) is 24.4 Å². The summed E-state index contributed by atoms with van der Waals surface area (Å²) in [6.07, 6.45) is 10.6. The van der Waals surface area contributed by atoms with Crippen LogP contribution in [0.15, 0.2) is 110 Å². The molecule has 2 heterocycles. The minimum absolute atomic E-state index is 0. The average Bonchev–Trinajstić information content (AvgIpc) is 1.50. The van der Waals surface area contributed by atoms with Crippen molar-refractivity contribution < 1.29 is 114 Å². The van der Waals surface area contributed by atoms with E-state index < -0.39 is 10.2 Å². The van der Waals surface area contributed by atoms with Crippen LogP contribution < -0.4 is 57.5 Å². The van der Waals surface area contributed by atoms with Crippen molar-refractivity contribution in [3.8, 4) is 40.2 Å². The molecule has 7 aromatic carbocycles. The molecule has 0 radical (unpaired) electrons. The second kappa shape index (κ2) is 45.0. The monoisotopic (exact) mass is 1780 g/mol. The number of nitrogens with zero attached hydrogens (tertiary/aromatic N) is 4. The fourth-order valence-corrected chi connectivity index (χ4v) is 14.9. The van der Waals surface area contributed by atoms with E-state index in [1.165, 1.54) is 33.4 Å². The maximum atomic E-state index is 14.4. The van der Waals surface area contributed by atoms with Gasteiger partial charge in [-0.15, -0.1) is 16.0 Å². The fraction of sp³-hybridized carbons (Fsp3) is 0.515. The number of rotatable bonds is 15. The summed E-state index contributed by atoms with van der Waals surface area (Å²) in [5.41, 5.74) is 20.5. The van der Waals surface area contributed by atoms with Gasteiger partial charge in [-0.1, -0.05) is 251 Å². The number of methoxy groups -OCH3 is 3. The van der Waals surface area contributed by atoms with Crippen molar-refractivity contribution in [3.05, 3.63) is 238 Å². The van der Waals surface area contributed by atoms with E-state index in [4.69, 9.17) is 72.3 Å². The first-order chi connectivity index (χ1) is 55.1. The Morgan fingerprint density at radius 1 is 0.350 bits per heavy atom. The van der Waals surface area contributed by atoms with Gasteiger partial charge in [0, 0.05) is 112 Å². The van der Waals surface area contributed by atoms with Crippen molar-refractivity contribution >= 4 is 0 Å². The van der Waals surface area contributed by atoms with Gasteiger partial charge in [-0.25, -0.2) is 28.6 Å². The molecular formula is C99H146ClN5O17Zn. The van der Waals surface area contributed by atoms with Crippen molar-refractivity contribution in [2.45, 2.75) is 268 Å². The first kappa shape index (κ1) is 111. The molecule has 1 aliphatic carbocycles. The molecule has 10 N–H and O–H groups in total. The van der Waals surface area contributed by atoms with Gasteiger partial charge in [-0.05, 0) is 160 Å². The summed E-state index contributed by atoms with van der Waals surface area (Å²) in [6.45, 7) is 56.2. The Balaban J connectivity index is 0.00000325. The van der Waals surface area contributed by atoms with Crippen molar-refractivity contribution in [3.63, 3.8) is 0 Å². The number of aliphatic hydroxyl groups excluding tert-OH is 3. The van der Waals surface area contributed by atoms with Crippen LogP contribution in [-0.2, 0) is 135 Å². The van der Waals surface area contributed by atoms with Crippen LogP contribution in [0.4, 0.5) is 0 Å². The molecule has 0 amide bonds. The SMILES string of the molecule is CO.CO.CO.COc1c2cc(C(C)(C)C)cc1Cc1cc(C(C)(C)C)cc(c1OCc1nccn1C)Cc1cc(C(C)(C)C)cc(c1OC)Cc1cc(C(C)(C)C)cc(c1OCc1nccn1C)Cc1cc(C(C)(C)C)cc(c1OC)Cc1cc(C(C)(C)C)cc(c1OCCNCc1cc(C(C)(C)C)cc(C(C)(C)C)c1[O-])C2.O.O.O.[O-][Cl+3]([O-])([O-])[O-].[Zn+2]. The zero-order valence-corrected chi connectivity index (χ0v) is 83.6. The van der Waals surface area contributed by atoms with Crippen molar-refractivity contribution in [2.24, 2.45) is 14.1 Å². The number of hydrogen-bond donors (Lipinski definition) is 4. The zero-order chi connectivity index (χ0) is 89.8. The molecular weight excluding hydrogens is 1630 g/mol. The first-order valence-electron chi connectivity index (χ1n) is 41.1. The van der Waals surface area contributed by atoms with Crippen LogP contribution in [0.2, 0.25) is 0 Å². The zero-order valence-electron chi connectivity index (χ0n) is 79.9. The normalized spacial score (nSPS) is 12.6. The second-order valence-electron chi connectivity index (χ2n) is 39.3. The molecule has 1 aliphatic rings. The van der Waals surface area contributed by atoms with Crippen molar-refractivity contribution in [1.29, 1.82) is 0 Å². The van der Waals surface area contributed by atoms with Gasteiger partial charge < -0.3 is 79.7 Å². The molecule has 2 aromatic heterocycles. The number of fused-ring (bicyclic) bond motifs is 12. The van der Waals surface area contributed by atoms with Crippen LogP contribution in [0.3, 0.4) is 0 Å². The number of aromatic nitrogens is 4. The maximum Gasteiger partial charge on any atom is 2.00 e. The minimum Gasteiger partial charge on any atom is -0.872 e. The Bertz CT molecular complexity index is 4650. The van der Waals surface area contributed by atoms with E-state index in [-0.39, 0.29) is 98.2 Å². The van der Waals surface area contributed by atoms with Crippen LogP contribution in [0.5, 0.6) is 40.2 Å². The molecule has 9 aromatic rings. The third-order valence-corrected chi connectivity index (χ3v) is 21.8. The van der Waals surface area contributed by atoms with E-state index in [2.05, 4.69) is 256 Å². The Morgan fingerprint density at radius 2 is 0.561 bits per heavy atom. The van der Waals surface area contributed by atoms with Crippen LogP contribution in [0.1, 0.15) is 295 Å². The number of imidazole rings is 2. The number of hydrogen-bond acceptors (Lipinski definition) is 17. The first-order valence-corrected chi connectivity index (χ1v) is 42.3. The molecule has 0 fully saturated rings. The Morgan fingerprint density at radius 3 is 0.756 bits per heavy atom. The minimum atomic E-state index is -4.94. The number of halogens is 1. The smallest absolute Gasteiger partial charge is 0.872 e. The predicted octanol–water partition coefficient (Wildman–Crippen LogP) is 12.4. The third kappa shape index (κ3) is 29.6. The third-order valence-electron chi connectivity index (χ3n) is 21.8.